The zero-order valence-corrected chi connectivity index (χ0v) is 17.2. The first-order chi connectivity index (χ1) is 14.6. The topological polar surface area (TPSA) is 54.0 Å². The normalized spacial score (nSPS) is 14.1. The minimum absolute atomic E-state index is 0.410. The van der Waals surface area contributed by atoms with Crippen LogP contribution in [0.15, 0.2) is 48.5 Å². The molecule has 0 bridgehead atoms. The number of ether oxygens (including phenoxy) is 1. The van der Waals surface area contributed by atoms with Gasteiger partial charge in [0.15, 0.2) is 5.65 Å². The molecule has 0 saturated heterocycles. The summed E-state index contributed by atoms with van der Waals surface area (Å²) in [6.07, 6.45) is 0.948. The van der Waals surface area contributed by atoms with Gasteiger partial charge in [-0.2, -0.15) is 9.37 Å². The summed E-state index contributed by atoms with van der Waals surface area (Å²) >= 11 is 6.56. The molecule has 7 heteroatoms. The van der Waals surface area contributed by atoms with E-state index >= 15 is 0 Å². The van der Waals surface area contributed by atoms with E-state index in [-0.39, 0.29) is 0 Å². The van der Waals surface area contributed by atoms with Gasteiger partial charge in [0.25, 0.3) is 0 Å². The molecule has 1 aliphatic rings. The van der Waals surface area contributed by atoms with Gasteiger partial charge in [-0.25, -0.2) is 4.98 Å². The van der Waals surface area contributed by atoms with E-state index in [1.807, 2.05) is 18.2 Å². The van der Waals surface area contributed by atoms with E-state index in [0.29, 0.717) is 17.2 Å². The molecule has 0 spiro atoms. The van der Waals surface area contributed by atoms with Crippen LogP contribution in [0.4, 0.5) is 4.39 Å². The van der Waals surface area contributed by atoms with Crippen LogP contribution in [-0.2, 0) is 19.5 Å². The molecular formula is C23H20ClFN4O. The van der Waals surface area contributed by atoms with Crippen molar-refractivity contribution < 1.29 is 9.13 Å². The van der Waals surface area contributed by atoms with Crippen molar-refractivity contribution in [3.05, 3.63) is 76.5 Å². The number of rotatable bonds is 4. The van der Waals surface area contributed by atoms with Crippen molar-refractivity contribution in [3.63, 3.8) is 0 Å². The van der Waals surface area contributed by atoms with E-state index in [0.717, 1.165) is 47.7 Å². The summed E-state index contributed by atoms with van der Waals surface area (Å²) < 4.78 is 18.6. The highest BCUT2D eigenvalue weighted by atomic mass is 35.5. The first-order valence-electron chi connectivity index (χ1n) is 9.79. The van der Waals surface area contributed by atoms with Crippen LogP contribution in [-0.4, -0.2) is 33.5 Å². The van der Waals surface area contributed by atoms with Crippen LogP contribution in [0.5, 0.6) is 5.75 Å². The summed E-state index contributed by atoms with van der Waals surface area (Å²) in [6.45, 7) is 2.35. The molecule has 5 nitrogen and oxygen atoms in total. The average Bonchev–Trinajstić information content (AvgIpc) is 3.14. The number of hydrogen-bond acceptors (Lipinski definition) is 4. The Hall–Kier alpha value is -2.96. The first-order valence-corrected chi connectivity index (χ1v) is 10.2. The molecule has 4 aromatic rings. The maximum absolute atomic E-state index is 13.4. The average molecular weight is 423 g/mol. The monoisotopic (exact) mass is 422 g/mol. The molecule has 0 aliphatic carbocycles. The first kappa shape index (κ1) is 19.0. The Bertz CT molecular complexity index is 1240. The van der Waals surface area contributed by atoms with E-state index < -0.39 is 5.95 Å². The molecule has 0 atom stereocenters. The molecule has 0 saturated carbocycles. The van der Waals surface area contributed by atoms with Crippen molar-refractivity contribution in [3.8, 4) is 16.9 Å². The largest absolute Gasteiger partial charge is 0.497 e. The van der Waals surface area contributed by atoms with Crippen molar-refractivity contribution >= 4 is 22.8 Å². The summed E-state index contributed by atoms with van der Waals surface area (Å²) in [6, 6.07) is 15.2. The summed E-state index contributed by atoms with van der Waals surface area (Å²) in [5, 5.41) is 0.672. The van der Waals surface area contributed by atoms with E-state index in [9.17, 15) is 4.39 Å². The van der Waals surface area contributed by atoms with Crippen LogP contribution in [0.1, 0.15) is 17.0 Å². The van der Waals surface area contributed by atoms with Crippen LogP contribution in [0.3, 0.4) is 0 Å². The predicted octanol–water partition coefficient (Wildman–Crippen LogP) is 4.98. The Kier molecular flexibility index (Phi) is 4.89. The quantitative estimate of drug-likeness (QED) is 0.471. The molecule has 3 heterocycles. The lowest BCUT2D eigenvalue weighted by atomic mass is 9.91. The zero-order chi connectivity index (χ0) is 20.7. The number of imidazole rings is 1. The van der Waals surface area contributed by atoms with Crippen LogP contribution in [0.25, 0.3) is 22.3 Å². The third kappa shape index (κ3) is 3.53. The highest BCUT2D eigenvalue weighted by molar-refractivity contribution is 6.33. The van der Waals surface area contributed by atoms with Gasteiger partial charge in [0.1, 0.15) is 11.6 Å². The predicted molar refractivity (Wildman–Crippen MR) is 115 cm³/mol. The number of benzene rings is 2. The molecule has 2 aromatic carbocycles. The van der Waals surface area contributed by atoms with Crippen molar-refractivity contribution in [1.29, 1.82) is 0 Å². The second kappa shape index (κ2) is 7.70. The van der Waals surface area contributed by atoms with Gasteiger partial charge in [0.05, 0.1) is 24.2 Å². The van der Waals surface area contributed by atoms with Gasteiger partial charge >= 0.3 is 0 Å². The minimum atomic E-state index is -0.520. The lowest BCUT2D eigenvalue weighted by molar-refractivity contribution is 0.241. The third-order valence-corrected chi connectivity index (χ3v) is 5.87. The Balaban J connectivity index is 1.44. The number of methoxy groups -OCH3 is 1. The van der Waals surface area contributed by atoms with Crippen molar-refractivity contribution in [2.24, 2.45) is 0 Å². The molecule has 30 heavy (non-hydrogen) atoms. The van der Waals surface area contributed by atoms with Gasteiger partial charge in [0.2, 0.25) is 5.95 Å². The van der Waals surface area contributed by atoms with Gasteiger partial charge < -0.3 is 9.72 Å². The summed E-state index contributed by atoms with van der Waals surface area (Å²) in [5.74, 6) is 1.00. The van der Waals surface area contributed by atoms with Gasteiger partial charge in [-0.05, 0) is 53.4 Å². The molecule has 152 valence electrons. The minimum Gasteiger partial charge on any atom is -0.497 e. The zero-order valence-electron chi connectivity index (χ0n) is 16.5. The lowest BCUT2D eigenvalue weighted by Crippen LogP contribution is -2.30. The number of hydrogen-bond donors (Lipinski definition) is 1. The fourth-order valence-electron chi connectivity index (χ4n) is 4.07. The molecule has 5 rings (SSSR count). The van der Waals surface area contributed by atoms with E-state index in [1.165, 1.54) is 17.2 Å². The van der Waals surface area contributed by atoms with Crippen LogP contribution < -0.4 is 4.74 Å². The van der Waals surface area contributed by atoms with Crippen molar-refractivity contribution in [2.45, 2.75) is 19.5 Å². The number of aromatic nitrogens is 3. The fourth-order valence-corrected chi connectivity index (χ4v) is 4.34. The number of H-pyrrole nitrogens is 1. The maximum Gasteiger partial charge on any atom is 0.215 e. The second-order valence-corrected chi connectivity index (χ2v) is 7.85. The van der Waals surface area contributed by atoms with E-state index in [1.54, 1.807) is 13.2 Å². The molecule has 1 aliphatic heterocycles. The summed E-state index contributed by atoms with van der Waals surface area (Å²) in [5.41, 5.74) is 5.90. The Morgan fingerprint density at radius 1 is 1.13 bits per heavy atom. The van der Waals surface area contributed by atoms with Crippen molar-refractivity contribution in [1.82, 2.24) is 19.9 Å². The Labute approximate surface area is 178 Å². The fraction of sp³-hybridized carbons (Fsp3) is 0.217. The van der Waals surface area contributed by atoms with Gasteiger partial charge in [-0.15, -0.1) is 0 Å². The number of halogens is 2. The Morgan fingerprint density at radius 2 is 2.03 bits per heavy atom. The summed E-state index contributed by atoms with van der Waals surface area (Å²) in [7, 11) is 1.63. The number of fused-ring (bicyclic) bond motifs is 2. The molecule has 0 radical (unpaired) electrons. The molecular weight excluding hydrogens is 403 g/mol. The second-order valence-electron chi connectivity index (χ2n) is 7.44. The smallest absolute Gasteiger partial charge is 0.215 e. The number of nitrogens with one attached hydrogen (secondary N) is 1. The molecule has 0 unspecified atom stereocenters. The van der Waals surface area contributed by atoms with E-state index in [2.05, 4.69) is 38.1 Å². The highest BCUT2D eigenvalue weighted by Crippen LogP contribution is 2.36. The Morgan fingerprint density at radius 3 is 2.87 bits per heavy atom. The SMILES string of the molecule is COc1ccc(-c2cccc3c2CN(Cc2nc4nc(F)ccc4[nH]2)CC3)c(Cl)c1. The number of nitrogens with zero attached hydrogens (tertiary/aromatic N) is 3. The maximum atomic E-state index is 13.4. The highest BCUT2D eigenvalue weighted by Gasteiger charge is 2.21. The summed E-state index contributed by atoms with van der Waals surface area (Å²) in [4.78, 5) is 13.9. The van der Waals surface area contributed by atoms with Crippen LogP contribution in [0.2, 0.25) is 5.02 Å². The van der Waals surface area contributed by atoms with Gasteiger partial charge in [-0.3, -0.25) is 4.90 Å². The standard InChI is InChI=1S/C23H20ClFN4O/c1-30-15-5-6-17(19(24)11-15)16-4-2-3-14-9-10-29(12-18(14)16)13-22-26-20-7-8-21(25)27-23(20)28-22/h2-8,11H,9-10,12-13H2,1H3,(H,26,27,28). The molecule has 0 fully saturated rings. The van der Waals surface area contributed by atoms with Gasteiger partial charge in [-0.1, -0.05) is 29.8 Å². The van der Waals surface area contributed by atoms with Crippen LogP contribution in [0, 0.1) is 5.95 Å². The molecule has 1 N–H and O–H groups in total. The molecule has 2 aromatic heterocycles. The van der Waals surface area contributed by atoms with Crippen LogP contribution >= 0.6 is 11.6 Å². The van der Waals surface area contributed by atoms with Crippen molar-refractivity contribution in [2.75, 3.05) is 13.7 Å². The van der Waals surface area contributed by atoms with Gasteiger partial charge in [0, 0.05) is 18.7 Å². The lowest BCUT2D eigenvalue weighted by Gasteiger charge is -2.30. The number of aromatic amines is 1. The molecule has 0 amide bonds. The number of pyridine rings is 1. The van der Waals surface area contributed by atoms with E-state index in [4.69, 9.17) is 16.3 Å². The third-order valence-electron chi connectivity index (χ3n) is 5.55.